The van der Waals surface area contributed by atoms with Gasteiger partial charge >= 0.3 is 0 Å². The molecule has 0 bridgehead atoms. The van der Waals surface area contributed by atoms with Crippen molar-refractivity contribution >= 4 is 17.2 Å². The fourth-order valence-corrected chi connectivity index (χ4v) is 2.59. The lowest BCUT2D eigenvalue weighted by Crippen LogP contribution is -2.31. The van der Waals surface area contributed by atoms with Crippen LogP contribution in [0, 0.1) is 11.3 Å². The fraction of sp³-hybridized carbons (Fsp3) is 0.286. The average molecular weight is 257 g/mol. The molecule has 0 aromatic carbocycles. The third kappa shape index (κ3) is 2.88. The van der Waals surface area contributed by atoms with Crippen LogP contribution in [0.15, 0.2) is 35.7 Å². The quantitative estimate of drug-likeness (QED) is 0.845. The fourth-order valence-electron chi connectivity index (χ4n) is 1.76. The van der Waals surface area contributed by atoms with E-state index < -0.39 is 0 Å². The van der Waals surface area contributed by atoms with Crippen LogP contribution < -0.4 is 4.90 Å². The van der Waals surface area contributed by atoms with E-state index in [4.69, 9.17) is 5.26 Å². The van der Waals surface area contributed by atoms with Crippen molar-refractivity contribution in [3.63, 3.8) is 0 Å². The predicted octanol–water partition coefficient (Wildman–Crippen LogP) is 3.08. The molecule has 0 radical (unpaired) electrons. The molecule has 0 N–H and O–H groups in total. The number of likely N-dealkylation sites (N-methyl/N-ethyl adjacent to an activating group) is 1. The van der Waals surface area contributed by atoms with E-state index >= 15 is 0 Å². The Morgan fingerprint density at radius 2 is 2.22 bits per heavy atom. The van der Waals surface area contributed by atoms with Crippen molar-refractivity contribution in [1.29, 1.82) is 5.26 Å². The van der Waals surface area contributed by atoms with Crippen LogP contribution >= 0.6 is 11.3 Å². The standard InChI is InChI=1S/C14H15N3S/c1-11(9-13-6-4-8-18-13)17(2)14-7-3-5-12(10-15)16-14/h3-8,11H,9H2,1-2H3. The van der Waals surface area contributed by atoms with E-state index in [9.17, 15) is 0 Å². The Morgan fingerprint density at radius 3 is 2.89 bits per heavy atom. The van der Waals surface area contributed by atoms with Crippen LogP contribution in [0.1, 0.15) is 17.5 Å². The number of nitrogens with zero attached hydrogens (tertiary/aromatic N) is 3. The summed E-state index contributed by atoms with van der Waals surface area (Å²) < 4.78 is 0. The number of nitriles is 1. The van der Waals surface area contributed by atoms with Crippen LogP contribution in [-0.4, -0.2) is 18.1 Å². The van der Waals surface area contributed by atoms with Crippen molar-refractivity contribution in [2.75, 3.05) is 11.9 Å². The number of hydrogen-bond acceptors (Lipinski definition) is 4. The topological polar surface area (TPSA) is 39.9 Å². The molecule has 0 aliphatic rings. The van der Waals surface area contributed by atoms with Gasteiger partial charge in [-0.25, -0.2) is 4.98 Å². The van der Waals surface area contributed by atoms with E-state index in [1.165, 1.54) is 4.88 Å². The van der Waals surface area contributed by atoms with Gasteiger partial charge in [0.1, 0.15) is 17.6 Å². The van der Waals surface area contributed by atoms with E-state index in [1.807, 2.05) is 19.2 Å². The maximum absolute atomic E-state index is 8.86. The van der Waals surface area contributed by atoms with Gasteiger partial charge in [0, 0.05) is 24.4 Å². The Kier molecular flexibility index (Phi) is 3.96. The number of rotatable bonds is 4. The summed E-state index contributed by atoms with van der Waals surface area (Å²) in [6.07, 6.45) is 0.993. The van der Waals surface area contributed by atoms with E-state index in [-0.39, 0.29) is 0 Å². The largest absolute Gasteiger partial charge is 0.357 e. The van der Waals surface area contributed by atoms with Gasteiger partial charge in [0.2, 0.25) is 0 Å². The maximum Gasteiger partial charge on any atom is 0.142 e. The van der Waals surface area contributed by atoms with Gasteiger partial charge in [-0.1, -0.05) is 12.1 Å². The van der Waals surface area contributed by atoms with Crippen LogP contribution in [0.2, 0.25) is 0 Å². The van der Waals surface area contributed by atoms with Gasteiger partial charge in [0.15, 0.2) is 0 Å². The summed E-state index contributed by atoms with van der Waals surface area (Å²) in [7, 11) is 2.02. The highest BCUT2D eigenvalue weighted by Gasteiger charge is 2.12. The number of aromatic nitrogens is 1. The van der Waals surface area contributed by atoms with Crippen LogP contribution in [-0.2, 0) is 6.42 Å². The number of hydrogen-bond donors (Lipinski definition) is 0. The highest BCUT2D eigenvalue weighted by molar-refractivity contribution is 7.09. The summed E-state index contributed by atoms with van der Waals surface area (Å²) in [6.45, 7) is 2.17. The lowest BCUT2D eigenvalue weighted by Gasteiger charge is -2.25. The minimum atomic E-state index is 0.352. The minimum absolute atomic E-state index is 0.352. The summed E-state index contributed by atoms with van der Waals surface area (Å²) in [4.78, 5) is 7.79. The molecule has 0 fully saturated rings. The lowest BCUT2D eigenvalue weighted by atomic mass is 10.2. The van der Waals surface area contributed by atoms with Crippen molar-refractivity contribution in [3.8, 4) is 6.07 Å². The summed E-state index contributed by atoms with van der Waals surface area (Å²) >= 11 is 1.77. The lowest BCUT2D eigenvalue weighted by molar-refractivity contribution is 0.680. The zero-order valence-electron chi connectivity index (χ0n) is 10.5. The third-order valence-electron chi connectivity index (χ3n) is 2.95. The second kappa shape index (κ2) is 5.65. The first-order valence-corrected chi connectivity index (χ1v) is 6.71. The smallest absolute Gasteiger partial charge is 0.142 e. The molecule has 1 atom stereocenters. The van der Waals surface area contributed by atoms with Gasteiger partial charge in [0.05, 0.1) is 0 Å². The summed E-state index contributed by atoms with van der Waals surface area (Å²) in [6, 6.07) is 12.2. The van der Waals surface area contributed by atoms with E-state index in [1.54, 1.807) is 17.4 Å². The molecule has 0 saturated heterocycles. The molecular weight excluding hydrogens is 242 g/mol. The molecule has 3 nitrogen and oxygen atoms in total. The Balaban J connectivity index is 2.10. The maximum atomic E-state index is 8.86. The molecule has 0 aliphatic carbocycles. The molecule has 2 heterocycles. The van der Waals surface area contributed by atoms with Crippen molar-refractivity contribution in [2.45, 2.75) is 19.4 Å². The van der Waals surface area contributed by atoms with Gasteiger partial charge in [-0.3, -0.25) is 0 Å². The van der Waals surface area contributed by atoms with Gasteiger partial charge in [-0.15, -0.1) is 11.3 Å². The number of pyridine rings is 1. The second-order valence-corrected chi connectivity index (χ2v) is 5.27. The zero-order chi connectivity index (χ0) is 13.0. The predicted molar refractivity (Wildman–Crippen MR) is 74.8 cm³/mol. The molecular formula is C14H15N3S. The molecule has 2 aromatic rings. The number of thiophene rings is 1. The molecule has 0 spiro atoms. The van der Waals surface area contributed by atoms with Crippen LogP contribution in [0.25, 0.3) is 0 Å². The molecule has 0 aliphatic heterocycles. The summed E-state index contributed by atoms with van der Waals surface area (Å²) in [5.41, 5.74) is 0.461. The van der Waals surface area contributed by atoms with Crippen LogP contribution in [0.3, 0.4) is 0 Å². The molecule has 0 saturated carbocycles. The first-order valence-electron chi connectivity index (χ1n) is 5.83. The zero-order valence-corrected chi connectivity index (χ0v) is 11.3. The van der Waals surface area contributed by atoms with Gasteiger partial charge < -0.3 is 4.90 Å². The Labute approximate surface area is 111 Å². The van der Waals surface area contributed by atoms with Crippen molar-refractivity contribution in [2.24, 2.45) is 0 Å². The van der Waals surface area contributed by atoms with Crippen LogP contribution in [0.4, 0.5) is 5.82 Å². The van der Waals surface area contributed by atoms with Crippen molar-refractivity contribution < 1.29 is 0 Å². The Bertz CT molecular complexity index is 542. The molecule has 4 heteroatoms. The van der Waals surface area contributed by atoms with Gasteiger partial charge in [0.25, 0.3) is 0 Å². The van der Waals surface area contributed by atoms with E-state index in [2.05, 4.69) is 40.4 Å². The van der Waals surface area contributed by atoms with Crippen molar-refractivity contribution in [1.82, 2.24) is 4.98 Å². The molecule has 0 amide bonds. The van der Waals surface area contributed by atoms with E-state index in [0.717, 1.165) is 12.2 Å². The van der Waals surface area contributed by atoms with E-state index in [0.29, 0.717) is 11.7 Å². The monoisotopic (exact) mass is 257 g/mol. The minimum Gasteiger partial charge on any atom is -0.357 e. The Hall–Kier alpha value is -1.86. The first-order chi connectivity index (χ1) is 8.70. The molecule has 18 heavy (non-hydrogen) atoms. The SMILES string of the molecule is CC(Cc1cccs1)N(C)c1cccc(C#N)n1. The Morgan fingerprint density at radius 1 is 1.39 bits per heavy atom. The highest BCUT2D eigenvalue weighted by atomic mass is 32.1. The molecule has 2 rings (SSSR count). The third-order valence-corrected chi connectivity index (χ3v) is 3.85. The molecule has 92 valence electrons. The number of anilines is 1. The van der Waals surface area contributed by atoms with Gasteiger partial charge in [-0.05, 0) is 30.5 Å². The van der Waals surface area contributed by atoms with Crippen molar-refractivity contribution in [3.05, 3.63) is 46.3 Å². The average Bonchev–Trinajstić information content (AvgIpc) is 2.90. The summed E-state index contributed by atoms with van der Waals surface area (Å²) in [5, 5.41) is 11.0. The van der Waals surface area contributed by atoms with Crippen LogP contribution in [0.5, 0.6) is 0 Å². The highest BCUT2D eigenvalue weighted by Crippen LogP contribution is 2.17. The molecule has 2 aromatic heterocycles. The first kappa shape index (κ1) is 12.6. The normalized spacial score (nSPS) is 11.8. The van der Waals surface area contributed by atoms with Gasteiger partial charge in [-0.2, -0.15) is 5.26 Å². The second-order valence-electron chi connectivity index (χ2n) is 4.24. The molecule has 1 unspecified atom stereocenters. The summed E-state index contributed by atoms with van der Waals surface area (Å²) in [5.74, 6) is 0.845.